The highest BCUT2D eigenvalue weighted by molar-refractivity contribution is 5.96. The predicted molar refractivity (Wildman–Crippen MR) is 81.2 cm³/mol. The van der Waals surface area contributed by atoms with Gasteiger partial charge in [0.2, 0.25) is 0 Å². The molecule has 0 fully saturated rings. The molecule has 2 aromatic carbocycles. The molecule has 1 heterocycles. The van der Waals surface area contributed by atoms with E-state index in [1.165, 1.54) is 6.20 Å². The molecule has 104 valence electrons. The van der Waals surface area contributed by atoms with Crippen LogP contribution in [0.15, 0.2) is 54.7 Å². The van der Waals surface area contributed by atoms with Crippen LogP contribution in [0.5, 0.6) is 11.5 Å². The van der Waals surface area contributed by atoms with Gasteiger partial charge in [0.1, 0.15) is 5.75 Å². The number of benzene rings is 2. The van der Waals surface area contributed by atoms with Crippen LogP contribution in [0.3, 0.4) is 0 Å². The first kappa shape index (κ1) is 12.9. The zero-order chi connectivity index (χ0) is 14.8. The van der Waals surface area contributed by atoms with E-state index in [1.54, 1.807) is 24.3 Å². The van der Waals surface area contributed by atoms with Crippen molar-refractivity contribution >= 4 is 22.5 Å². The van der Waals surface area contributed by atoms with E-state index in [-0.39, 0.29) is 0 Å². The van der Waals surface area contributed by atoms with E-state index in [9.17, 15) is 4.79 Å². The molecule has 0 spiro atoms. The average molecular weight is 279 g/mol. The van der Waals surface area contributed by atoms with Gasteiger partial charge in [0, 0.05) is 5.39 Å². The number of rotatable bonds is 3. The largest absolute Gasteiger partial charge is 0.454 e. The van der Waals surface area contributed by atoms with Crippen LogP contribution in [0.4, 0.5) is 5.69 Å². The molecule has 4 N–H and O–H groups in total. The minimum atomic E-state index is -0.553. The second kappa shape index (κ2) is 5.13. The Bertz CT molecular complexity index is 831. The molecule has 5 heteroatoms. The van der Waals surface area contributed by atoms with E-state index >= 15 is 0 Å². The molecule has 0 unspecified atom stereocenters. The van der Waals surface area contributed by atoms with Gasteiger partial charge in [-0.05, 0) is 24.3 Å². The van der Waals surface area contributed by atoms with Crippen LogP contribution in [0.2, 0.25) is 0 Å². The lowest BCUT2D eigenvalue weighted by Gasteiger charge is -2.13. The van der Waals surface area contributed by atoms with Gasteiger partial charge in [-0.2, -0.15) is 0 Å². The maximum atomic E-state index is 11.5. The number of carbonyl (C=O) groups is 1. The summed E-state index contributed by atoms with van der Waals surface area (Å²) in [6.07, 6.45) is 1.53. The molecule has 3 aromatic rings. The van der Waals surface area contributed by atoms with Crippen molar-refractivity contribution in [2.45, 2.75) is 0 Å². The fraction of sp³-hybridized carbons (Fsp3) is 0. The highest BCUT2D eigenvalue weighted by atomic mass is 16.5. The van der Waals surface area contributed by atoms with Gasteiger partial charge in [0.05, 0.1) is 23.0 Å². The maximum Gasteiger partial charge on any atom is 0.252 e. The van der Waals surface area contributed by atoms with Crippen molar-refractivity contribution < 1.29 is 9.53 Å². The number of nitrogen functional groups attached to an aromatic ring is 1. The summed E-state index contributed by atoms with van der Waals surface area (Å²) < 4.78 is 5.85. The highest BCUT2D eigenvalue weighted by Gasteiger charge is 2.13. The van der Waals surface area contributed by atoms with Crippen LogP contribution in [0, 0.1) is 0 Å². The molecule has 5 nitrogen and oxygen atoms in total. The Morgan fingerprint density at radius 3 is 2.57 bits per heavy atom. The zero-order valence-electron chi connectivity index (χ0n) is 11.1. The maximum absolute atomic E-state index is 11.5. The van der Waals surface area contributed by atoms with Crippen molar-refractivity contribution in [1.82, 2.24) is 4.98 Å². The molecule has 0 atom stereocenters. The smallest absolute Gasteiger partial charge is 0.252 e. The van der Waals surface area contributed by atoms with E-state index in [2.05, 4.69) is 4.98 Å². The van der Waals surface area contributed by atoms with Crippen LogP contribution in [0.25, 0.3) is 10.9 Å². The highest BCUT2D eigenvalue weighted by Crippen LogP contribution is 2.35. The van der Waals surface area contributed by atoms with Gasteiger partial charge in [-0.15, -0.1) is 0 Å². The Kier molecular flexibility index (Phi) is 3.16. The molecule has 0 aliphatic carbocycles. The fourth-order valence-electron chi connectivity index (χ4n) is 2.11. The topological polar surface area (TPSA) is 91.2 Å². The van der Waals surface area contributed by atoms with Crippen LogP contribution >= 0.6 is 0 Å². The Morgan fingerprint density at radius 1 is 1.05 bits per heavy atom. The number of pyridine rings is 1. The van der Waals surface area contributed by atoms with Gasteiger partial charge in [0.25, 0.3) is 5.91 Å². The predicted octanol–water partition coefficient (Wildman–Crippen LogP) is 2.71. The average Bonchev–Trinajstić information content (AvgIpc) is 2.50. The summed E-state index contributed by atoms with van der Waals surface area (Å²) >= 11 is 0. The number of amides is 1. The van der Waals surface area contributed by atoms with Gasteiger partial charge in [-0.3, -0.25) is 9.78 Å². The van der Waals surface area contributed by atoms with Gasteiger partial charge in [-0.1, -0.05) is 24.3 Å². The number of nitrogens with two attached hydrogens (primary N) is 2. The van der Waals surface area contributed by atoms with Gasteiger partial charge < -0.3 is 16.2 Å². The second-order valence-electron chi connectivity index (χ2n) is 4.52. The molecule has 1 aromatic heterocycles. The summed E-state index contributed by atoms with van der Waals surface area (Å²) in [6, 6.07) is 14.2. The quantitative estimate of drug-likeness (QED) is 0.771. The summed E-state index contributed by atoms with van der Waals surface area (Å²) in [5.74, 6) is 0.282. The number of primary amides is 1. The number of hydrogen-bond donors (Lipinski definition) is 2. The minimum Gasteiger partial charge on any atom is -0.454 e. The lowest BCUT2D eigenvalue weighted by molar-refractivity contribution is 0.0998. The van der Waals surface area contributed by atoms with Crippen molar-refractivity contribution in [3.63, 3.8) is 0 Å². The van der Waals surface area contributed by atoms with Crippen molar-refractivity contribution in [2.75, 3.05) is 5.73 Å². The second-order valence-corrected chi connectivity index (χ2v) is 4.52. The summed E-state index contributed by atoms with van der Waals surface area (Å²) in [5, 5.41) is 0.775. The number of anilines is 1. The van der Waals surface area contributed by atoms with E-state index in [0.29, 0.717) is 22.7 Å². The summed E-state index contributed by atoms with van der Waals surface area (Å²) in [7, 11) is 0. The summed E-state index contributed by atoms with van der Waals surface area (Å²) in [6.45, 7) is 0. The number of hydrogen-bond acceptors (Lipinski definition) is 4. The van der Waals surface area contributed by atoms with Crippen LogP contribution in [0.1, 0.15) is 10.4 Å². The van der Waals surface area contributed by atoms with Gasteiger partial charge >= 0.3 is 0 Å². The van der Waals surface area contributed by atoms with E-state index in [0.717, 1.165) is 10.9 Å². The van der Waals surface area contributed by atoms with Gasteiger partial charge in [-0.25, -0.2) is 0 Å². The summed E-state index contributed by atoms with van der Waals surface area (Å²) in [5.41, 5.74) is 12.8. The molecular weight excluding hydrogens is 266 g/mol. The first-order valence-electron chi connectivity index (χ1n) is 6.36. The van der Waals surface area contributed by atoms with E-state index in [4.69, 9.17) is 16.2 Å². The van der Waals surface area contributed by atoms with Crippen LogP contribution in [-0.2, 0) is 0 Å². The molecule has 0 saturated heterocycles. The molecule has 1 amide bonds. The van der Waals surface area contributed by atoms with Gasteiger partial charge in [0.15, 0.2) is 5.75 Å². The van der Waals surface area contributed by atoms with E-state index < -0.39 is 5.91 Å². The number of aromatic nitrogens is 1. The Balaban J connectivity index is 2.15. The third-order valence-corrected chi connectivity index (χ3v) is 3.12. The lowest BCUT2D eigenvalue weighted by Crippen LogP contribution is -2.12. The standard InChI is InChI=1S/C16H13N3O2/c17-12-9-19-13-7-3-1-5-10(13)15(12)21-14-8-4-2-6-11(14)16(18)20/h1-9H,17H2,(H2,18,20). The Morgan fingerprint density at radius 2 is 1.76 bits per heavy atom. The van der Waals surface area contributed by atoms with Crippen LogP contribution < -0.4 is 16.2 Å². The number of fused-ring (bicyclic) bond motifs is 1. The molecule has 0 bridgehead atoms. The third kappa shape index (κ3) is 2.36. The lowest BCUT2D eigenvalue weighted by atomic mass is 10.1. The van der Waals surface area contributed by atoms with Crippen molar-refractivity contribution in [2.24, 2.45) is 5.73 Å². The molecule has 0 aliphatic heterocycles. The number of carbonyl (C=O) groups excluding carboxylic acids is 1. The van der Waals surface area contributed by atoms with E-state index in [1.807, 2.05) is 24.3 Å². The third-order valence-electron chi connectivity index (χ3n) is 3.12. The first-order chi connectivity index (χ1) is 10.2. The molecule has 3 rings (SSSR count). The van der Waals surface area contributed by atoms with Crippen molar-refractivity contribution in [1.29, 1.82) is 0 Å². The summed E-state index contributed by atoms with van der Waals surface area (Å²) in [4.78, 5) is 15.7. The first-order valence-corrected chi connectivity index (χ1v) is 6.36. The Hall–Kier alpha value is -3.08. The molecule has 21 heavy (non-hydrogen) atoms. The van der Waals surface area contributed by atoms with Crippen molar-refractivity contribution in [3.8, 4) is 11.5 Å². The fourth-order valence-corrected chi connectivity index (χ4v) is 2.11. The number of nitrogens with zero attached hydrogens (tertiary/aromatic N) is 1. The molecular formula is C16H13N3O2. The monoisotopic (exact) mass is 279 g/mol. The van der Waals surface area contributed by atoms with Crippen LogP contribution in [-0.4, -0.2) is 10.9 Å². The zero-order valence-corrected chi connectivity index (χ0v) is 11.1. The number of para-hydroxylation sites is 2. The molecule has 0 saturated carbocycles. The minimum absolute atomic E-state index is 0.304. The number of ether oxygens (including phenoxy) is 1. The molecule has 0 aliphatic rings. The normalized spacial score (nSPS) is 10.5. The Labute approximate surface area is 121 Å². The SMILES string of the molecule is NC(=O)c1ccccc1Oc1c(N)cnc2ccccc12. The van der Waals surface area contributed by atoms with Crippen molar-refractivity contribution in [3.05, 3.63) is 60.3 Å². The molecule has 0 radical (unpaired) electrons.